The lowest BCUT2D eigenvalue weighted by Crippen LogP contribution is -2.64. The number of terminal acetylenes is 1. The van der Waals surface area contributed by atoms with Crippen molar-refractivity contribution in [3.05, 3.63) is 12.7 Å². The topological polar surface area (TPSA) is 171 Å². The first kappa shape index (κ1) is 41.6. The number of hydrogen-bond acceptors (Lipinski definition) is 7. The van der Waals surface area contributed by atoms with Gasteiger partial charge >= 0.3 is 6.03 Å². The van der Waals surface area contributed by atoms with Gasteiger partial charge in [0.15, 0.2) is 9.84 Å². The Morgan fingerprint density at radius 2 is 1.62 bits per heavy atom. The van der Waals surface area contributed by atoms with Gasteiger partial charge in [-0.25, -0.2) is 13.2 Å². The molecule has 1 fully saturated rings. The molecule has 1 rings (SSSR count). The molecule has 12 nitrogen and oxygen atoms in total. The monoisotopic (exact) mass is 679 g/mol. The maximum absolute atomic E-state index is 14.2. The lowest BCUT2D eigenvalue weighted by Gasteiger charge is -2.41. The van der Waals surface area contributed by atoms with Crippen LogP contribution in [0.4, 0.5) is 4.79 Å². The lowest BCUT2D eigenvalue weighted by molar-refractivity contribution is -0.145. The second-order valence-electron chi connectivity index (χ2n) is 14.5. The summed E-state index contributed by atoms with van der Waals surface area (Å²) in [5, 5.41) is 10.7. The molecule has 1 saturated carbocycles. The van der Waals surface area contributed by atoms with E-state index in [4.69, 9.17) is 6.42 Å². The van der Waals surface area contributed by atoms with Crippen molar-refractivity contribution in [1.29, 1.82) is 0 Å². The standard InChI is InChI=1S/C34H57N5O7S/c1-11-14-18-25(26(40)29(42)35-21-12-2)36-28(41)24(4)39(22-13-3)30(43)27(32(5,6)7)37-31(44)38-34(19-16-15-17-20-34)23-47(45,46)33(8,9)10/h1,12,24-25,27H,2,13-23H2,3-10H3,(H,35,42)(H,36,41)(H2,37,38,44)/t24-,25?,27+/m0/s1. The van der Waals surface area contributed by atoms with Gasteiger partial charge in [0.25, 0.3) is 5.91 Å². The average molecular weight is 680 g/mol. The Morgan fingerprint density at radius 1 is 1.02 bits per heavy atom. The summed E-state index contributed by atoms with van der Waals surface area (Å²) in [5.41, 5.74) is -1.78. The van der Waals surface area contributed by atoms with Crippen molar-refractivity contribution in [2.24, 2.45) is 5.41 Å². The second-order valence-corrected chi connectivity index (χ2v) is 17.2. The van der Waals surface area contributed by atoms with Gasteiger partial charge in [-0.2, -0.15) is 0 Å². The molecule has 0 heterocycles. The normalized spacial score (nSPS) is 16.7. The molecule has 0 aliphatic heterocycles. The molecule has 0 aromatic carbocycles. The minimum absolute atomic E-state index is 0.0239. The molecule has 0 bridgehead atoms. The molecule has 5 amide bonds. The van der Waals surface area contributed by atoms with Crippen molar-refractivity contribution in [2.45, 2.75) is 135 Å². The Hall–Kier alpha value is -3.40. The van der Waals surface area contributed by atoms with Crippen LogP contribution >= 0.6 is 0 Å². The Kier molecular flexibility index (Phi) is 15.6. The second kappa shape index (κ2) is 17.7. The van der Waals surface area contributed by atoms with Gasteiger partial charge in [0.2, 0.25) is 17.6 Å². The van der Waals surface area contributed by atoms with Crippen LogP contribution in [0.2, 0.25) is 0 Å². The fourth-order valence-electron chi connectivity index (χ4n) is 5.41. The van der Waals surface area contributed by atoms with Crippen LogP contribution in [0.1, 0.15) is 107 Å². The number of rotatable bonds is 16. The molecule has 0 radical (unpaired) electrons. The highest BCUT2D eigenvalue weighted by atomic mass is 32.2. The molecule has 0 aromatic rings. The molecule has 47 heavy (non-hydrogen) atoms. The van der Waals surface area contributed by atoms with E-state index in [-0.39, 0.29) is 31.7 Å². The van der Waals surface area contributed by atoms with Gasteiger partial charge in [-0.3, -0.25) is 19.2 Å². The number of nitrogens with one attached hydrogen (secondary N) is 4. The van der Waals surface area contributed by atoms with E-state index in [9.17, 15) is 32.4 Å². The average Bonchev–Trinajstić information content (AvgIpc) is 2.97. The van der Waals surface area contributed by atoms with Crippen LogP contribution in [-0.2, 0) is 29.0 Å². The summed E-state index contributed by atoms with van der Waals surface area (Å²) in [4.78, 5) is 67.7. The van der Waals surface area contributed by atoms with E-state index in [1.165, 1.54) is 17.9 Å². The van der Waals surface area contributed by atoms with Crippen molar-refractivity contribution in [3.63, 3.8) is 0 Å². The van der Waals surface area contributed by atoms with Gasteiger partial charge < -0.3 is 26.2 Å². The Bertz CT molecular complexity index is 1280. The molecule has 1 aliphatic carbocycles. The van der Waals surface area contributed by atoms with E-state index >= 15 is 0 Å². The van der Waals surface area contributed by atoms with Crippen LogP contribution in [0.5, 0.6) is 0 Å². The summed E-state index contributed by atoms with van der Waals surface area (Å²) in [5.74, 6) is -0.754. The highest BCUT2D eigenvalue weighted by Crippen LogP contribution is 2.33. The zero-order valence-electron chi connectivity index (χ0n) is 29.6. The SMILES string of the molecule is C#CCCC(NC(=O)[C@H](C)N(CCC)C(=O)[C@@H](NC(=O)NC1(CS(=O)(=O)C(C)(C)C)CCCCC1)C(C)(C)C)C(=O)C(=O)NCC=C. The predicted octanol–water partition coefficient (Wildman–Crippen LogP) is 3.01. The molecule has 0 spiro atoms. The molecule has 4 N–H and O–H groups in total. The first-order valence-corrected chi connectivity index (χ1v) is 18.1. The van der Waals surface area contributed by atoms with Crippen molar-refractivity contribution in [3.8, 4) is 12.3 Å². The third-order valence-electron chi connectivity index (χ3n) is 8.41. The van der Waals surface area contributed by atoms with E-state index in [0.717, 1.165) is 19.3 Å². The van der Waals surface area contributed by atoms with Crippen LogP contribution < -0.4 is 21.3 Å². The third kappa shape index (κ3) is 12.3. The van der Waals surface area contributed by atoms with E-state index in [1.54, 1.807) is 41.5 Å². The van der Waals surface area contributed by atoms with Crippen molar-refractivity contribution in [1.82, 2.24) is 26.2 Å². The highest BCUT2D eigenvalue weighted by molar-refractivity contribution is 7.92. The number of Topliss-reactive ketones (excluding diaryl/α,β-unsaturated/α-hetero) is 1. The summed E-state index contributed by atoms with van der Waals surface area (Å²) in [6.07, 6.45) is 10.9. The first-order valence-electron chi connectivity index (χ1n) is 16.4. The fraction of sp³-hybridized carbons (Fsp3) is 0.735. The van der Waals surface area contributed by atoms with Crippen molar-refractivity contribution < 1.29 is 32.4 Å². The number of sulfone groups is 1. The summed E-state index contributed by atoms with van der Waals surface area (Å²) < 4.78 is 25.5. The summed E-state index contributed by atoms with van der Waals surface area (Å²) in [6.45, 7) is 17.3. The number of ketones is 1. The van der Waals surface area contributed by atoms with E-state index in [2.05, 4.69) is 33.8 Å². The van der Waals surface area contributed by atoms with Crippen LogP contribution in [-0.4, -0.2) is 90.1 Å². The molecule has 1 unspecified atom stereocenters. The quantitative estimate of drug-likeness (QED) is 0.110. The Balaban J connectivity index is 3.29. The highest BCUT2D eigenvalue weighted by Gasteiger charge is 2.44. The lowest BCUT2D eigenvalue weighted by atomic mass is 9.83. The molecule has 266 valence electrons. The minimum atomic E-state index is -3.57. The third-order valence-corrected chi connectivity index (χ3v) is 11.2. The fourth-order valence-corrected chi connectivity index (χ4v) is 6.93. The summed E-state index contributed by atoms with van der Waals surface area (Å²) >= 11 is 0. The van der Waals surface area contributed by atoms with E-state index in [1.807, 2.05) is 6.92 Å². The largest absolute Gasteiger partial charge is 0.346 e. The van der Waals surface area contributed by atoms with Gasteiger partial charge in [0.1, 0.15) is 12.1 Å². The zero-order valence-corrected chi connectivity index (χ0v) is 30.4. The number of carbonyl (C=O) groups is 5. The number of urea groups is 1. The van der Waals surface area contributed by atoms with Gasteiger partial charge in [-0.05, 0) is 58.8 Å². The molecule has 0 aromatic heterocycles. The predicted molar refractivity (Wildman–Crippen MR) is 184 cm³/mol. The number of amides is 5. The number of carbonyl (C=O) groups excluding carboxylic acids is 5. The van der Waals surface area contributed by atoms with Crippen LogP contribution in [0, 0.1) is 17.8 Å². The first-order chi connectivity index (χ1) is 21.7. The van der Waals surface area contributed by atoms with Crippen LogP contribution in [0.25, 0.3) is 0 Å². The van der Waals surface area contributed by atoms with Crippen molar-refractivity contribution >= 4 is 39.4 Å². The van der Waals surface area contributed by atoms with E-state index < -0.39 is 73.2 Å². The maximum atomic E-state index is 14.2. The minimum Gasteiger partial charge on any atom is -0.346 e. The maximum Gasteiger partial charge on any atom is 0.315 e. The molecule has 0 saturated heterocycles. The van der Waals surface area contributed by atoms with Crippen LogP contribution in [0.15, 0.2) is 12.7 Å². The Labute approximate surface area is 281 Å². The molecule has 13 heteroatoms. The summed E-state index contributed by atoms with van der Waals surface area (Å²) in [7, 11) is -3.57. The summed E-state index contributed by atoms with van der Waals surface area (Å²) in [6, 6.07) is -4.03. The molecule has 1 aliphatic rings. The number of hydrogen-bond donors (Lipinski definition) is 4. The van der Waals surface area contributed by atoms with Gasteiger partial charge in [0, 0.05) is 19.5 Å². The zero-order chi connectivity index (χ0) is 36.2. The van der Waals surface area contributed by atoms with Gasteiger partial charge in [-0.1, -0.05) is 53.0 Å². The molecular formula is C34H57N5O7S. The van der Waals surface area contributed by atoms with Gasteiger partial charge in [-0.15, -0.1) is 18.9 Å². The van der Waals surface area contributed by atoms with Crippen molar-refractivity contribution in [2.75, 3.05) is 18.8 Å². The van der Waals surface area contributed by atoms with Crippen LogP contribution in [0.3, 0.4) is 0 Å². The number of nitrogens with zero attached hydrogens (tertiary/aromatic N) is 1. The van der Waals surface area contributed by atoms with E-state index in [0.29, 0.717) is 19.3 Å². The smallest absolute Gasteiger partial charge is 0.315 e. The molecule has 3 atom stereocenters. The van der Waals surface area contributed by atoms with Gasteiger partial charge in [0.05, 0.1) is 22.1 Å². The molecular weight excluding hydrogens is 622 g/mol. The Morgan fingerprint density at radius 3 is 2.11 bits per heavy atom.